The molecular weight excluding hydrogens is 511 g/mol. The minimum atomic E-state index is -4.05. The zero-order valence-electron chi connectivity index (χ0n) is 21.3. The van der Waals surface area contributed by atoms with Gasteiger partial charge in [0.1, 0.15) is 0 Å². The molecule has 1 aromatic heterocycles. The average Bonchev–Trinajstić information content (AvgIpc) is 3.24. The summed E-state index contributed by atoms with van der Waals surface area (Å²) < 4.78 is 44.6. The molecule has 3 aromatic rings. The van der Waals surface area contributed by atoms with Gasteiger partial charge in [-0.25, -0.2) is 22.9 Å². The SMILES string of the molecule is CC(C)(C)NS(=O)(=O)c1cc(NC(=O)NCc2ccccc2)ccc1-c1sc(C2CCCCC2)nc1F. The molecule has 1 fully saturated rings. The summed E-state index contributed by atoms with van der Waals surface area (Å²) in [4.78, 5) is 16.8. The van der Waals surface area contributed by atoms with Gasteiger partial charge in [0.15, 0.2) is 0 Å². The number of nitrogens with zero attached hydrogens (tertiary/aromatic N) is 1. The number of amides is 2. The lowest BCUT2D eigenvalue weighted by molar-refractivity contribution is 0.251. The third-order valence-corrected chi connectivity index (χ3v) is 9.09. The van der Waals surface area contributed by atoms with Crippen LogP contribution in [0.1, 0.15) is 69.4 Å². The molecule has 2 amide bonds. The number of halogens is 1. The van der Waals surface area contributed by atoms with Crippen molar-refractivity contribution in [1.29, 1.82) is 0 Å². The smallest absolute Gasteiger partial charge is 0.319 e. The second-order valence-corrected chi connectivity index (χ2v) is 13.0. The highest BCUT2D eigenvalue weighted by molar-refractivity contribution is 7.89. The molecule has 2 aromatic carbocycles. The molecule has 0 spiro atoms. The molecule has 0 aliphatic heterocycles. The van der Waals surface area contributed by atoms with Crippen LogP contribution in [0.2, 0.25) is 0 Å². The van der Waals surface area contributed by atoms with E-state index in [1.165, 1.54) is 29.9 Å². The van der Waals surface area contributed by atoms with Gasteiger partial charge in [-0.15, -0.1) is 11.3 Å². The van der Waals surface area contributed by atoms with Crippen LogP contribution in [0.5, 0.6) is 0 Å². The first kappa shape index (κ1) is 27.2. The highest BCUT2D eigenvalue weighted by Crippen LogP contribution is 2.41. The zero-order chi connectivity index (χ0) is 26.6. The number of urea groups is 1. The van der Waals surface area contributed by atoms with Crippen LogP contribution < -0.4 is 15.4 Å². The van der Waals surface area contributed by atoms with Crippen molar-refractivity contribution in [2.24, 2.45) is 0 Å². The molecule has 7 nitrogen and oxygen atoms in total. The highest BCUT2D eigenvalue weighted by atomic mass is 32.2. The first-order chi connectivity index (χ1) is 17.5. The fraction of sp³-hybridized carbons (Fsp3) is 0.407. The van der Waals surface area contributed by atoms with Crippen molar-refractivity contribution in [3.63, 3.8) is 0 Å². The summed E-state index contributed by atoms with van der Waals surface area (Å²) in [7, 11) is -4.05. The second kappa shape index (κ2) is 11.3. The van der Waals surface area contributed by atoms with Crippen LogP contribution in [0.4, 0.5) is 14.9 Å². The van der Waals surface area contributed by atoms with E-state index in [0.29, 0.717) is 11.6 Å². The molecule has 10 heteroatoms. The Morgan fingerprint density at radius 1 is 1.08 bits per heavy atom. The standard InChI is InChI=1S/C27H33FN4O3S2/c1-27(2,3)32-37(34,35)22-16-20(30-26(33)29-17-18-10-6-4-7-11-18)14-15-21(22)23-24(28)31-25(36-23)19-12-8-5-9-13-19/h4,6-7,10-11,14-16,19,32H,5,8-9,12-13,17H2,1-3H3,(H2,29,30,33). The molecule has 1 aliphatic carbocycles. The van der Waals surface area contributed by atoms with E-state index in [4.69, 9.17) is 0 Å². The predicted molar refractivity (Wildman–Crippen MR) is 146 cm³/mol. The summed E-state index contributed by atoms with van der Waals surface area (Å²) in [6.45, 7) is 5.52. The number of carbonyl (C=O) groups excluding carboxylic acids is 1. The first-order valence-electron chi connectivity index (χ1n) is 12.5. The van der Waals surface area contributed by atoms with E-state index in [-0.39, 0.29) is 26.9 Å². The van der Waals surface area contributed by atoms with Gasteiger partial charge >= 0.3 is 6.03 Å². The van der Waals surface area contributed by atoms with Gasteiger partial charge < -0.3 is 10.6 Å². The summed E-state index contributed by atoms with van der Waals surface area (Å²) in [6.07, 6.45) is 5.27. The van der Waals surface area contributed by atoms with Gasteiger partial charge in [0.2, 0.25) is 16.0 Å². The van der Waals surface area contributed by atoms with Crippen LogP contribution in [-0.4, -0.2) is 25.0 Å². The van der Waals surface area contributed by atoms with Gasteiger partial charge in [-0.05, 0) is 57.4 Å². The minimum absolute atomic E-state index is 0.110. The van der Waals surface area contributed by atoms with Crippen LogP contribution >= 0.6 is 11.3 Å². The Kier molecular flexibility index (Phi) is 8.30. The Labute approximate surface area is 222 Å². The molecule has 4 rings (SSSR count). The third-order valence-electron chi connectivity index (χ3n) is 6.07. The van der Waals surface area contributed by atoms with E-state index >= 15 is 4.39 Å². The molecule has 1 aliphatic rings. The number of rotatable bonds is 7. The fourth-order valence-electron chi connectivity index (χ4n) is 4.43. The molecule has 37 heavy (non-hydrogen) atoms. The number of carbonyl (C=O) groups is 1. The normalized spacial score (nSPS) is 14.9. The van der Waals surface area contributed by atoms with Crippen LogP contribution in [0.3, 0.4) is 0 Å². The Balaban J connectivity index is 1.64. The molecular formula is C27H33FN4O3S2. The van der Waals surface area contributed by atoms with Crippen molar-refractivity contribution in [3.05, 3.63) is 65.0 Å². The number of nitrogens with one attached hydrogen (secondary N) is 3. The van der Waals surface area contributed by atoms with Gasteiger partial charge in [0.25, 0.3) is 0 Å². The summed E-state index contributed by atoms with van der Waals surface area (Å²) in [6, 6.07) is 13.4. The largest absolute Gasteiger partial charge is 0.334 e. The number of thiazole rings is 1. The highest BCUT2D eigenvalue weighted by Gasteiger charge is 2.29. The molecule has 0 bridgehead atoms. The summed E-state index contributed by atoms with van der Waals surface area (Å²) in [5.41, 5.74) is 0.677. The molecule has 0 saturated heterocycles. The summed E-state index contributed by atoms with van der Waals surface area (Å²) in [5, 5.41) is 6.16. The number of hydrogen-bond donors (Lipinski definition) is 3. The number of anilines is 1. The number of benzene rings is 2. The Bertz CT molecular complexity index is 1350. The molecule has 1 heterocycles. The van der Waals surface area contributed by atoms with E-state index in [1.54, 1.807) is 26.8 Å². The Morgan fingerprint density at radius 3 is 2.46 bits per heavy atom. The number of sulfonamides is 1. The molecule has 0 radical (unpaired) electrons. The van der Waals surface area contributed by atoms with Gasteiger partial charge in [-0.3, -0.25) is 0 Å². The molecule has 0 unspecified atom stereocenters. The number of aromatic nitrogens is 1. The van der Waals surface area contributed by atoms with Crippen LogP contribution in [0.25, 0.3) is 10.4 Å². The summed E-state index contributed by atoms with van der Waals surface area (Å²) in [5.74, 6) is -0.469. The van der Waals surface area contributed by atoms with Gasteiger partial charge in [-0.2, -0.15) is 4.39 Å². The van der Waals surface area contributed by atoms with E-state index < -0.39 is 27.5 Å². The van der Waals surface area contributed by atoms with Crippen LogP contribution in [0, 0.1) is 5.95 Å². The van der Waals surface area contributed by atoms with E-state index in [2.05, 4.69) is 20.3 Å². The van der Waals surface area contributed by atoms with Crippen molar-refractivity contribution >= 4 is 33.1 Å². The van der Waals surface area contributed by atoms with Crippen molar-refractivity contribution in [3.8, 4) is 10.4 Å². The lowest BCUT2D eigenvalue weighted by Crippen LogP contribution is -2.40. The minimum Gasteiger partial charge on any atom is -0.334 e. The predicted octanol–water partition coefficient (Wildman–Crippen LogP) is 6.40. The third kappa shape index (κ3) is 7.15. The lowest BCUT2D eigenvalue weighted by atomic mass is 9.90. The summed E-state index contributed by atoms with van der Waals surface area (Å²) >= 11 is 1.21. The second-order valence-electron chi connectivity index (χ2n) is 10.4. The Morgan fingerprint density at radius 2 is 1.78 bits per heavy atom. The average molecular weight is 545 g/mol. The zero-order valence-corrected chi connectivity index (χ0v) is 22.9. The van der Waals surface area contributed by atoms with Gasteiger partial charge in [0.05, 0.1) is 14.8 Å². The Hall–Kier alpha value is -2.82. The monoisotopic (exact) mass is 544 g/mol. The quantitative estimate of drug-likeness (QED) is 0.321. The molecule has 0 atom stereocenters. The van der Waals surface area contributed by atoms with Gasteiger partial charge in [0, 0.05) is 29.3 Å². The van der Waals surface area contributed by atoms with Crippen LogP contribution in [0.15, 0.2) is 53.4 Å². The van der Waals surface area contributed by atoms with E-state index in [9.17, 15) is 13.2 Å². The van der Waals surface area contributed by atoms with Crippen molar-refractivity contribution < 1.29 is 17.6 Å². The number of hydrogen-bond acceptors (Lipinski definition) is 5. The topological polar surface area (TPSA) is 100 Å². The maximum Gasteiger partial charge on any atom is 0.319 e. The molecule has 198 valence electrons. The van der Waals surface area contributed by atoms with Crippen molar-refractivity contribution in [1.82, 2.24) is 15.0 Å². The lowest BCUT2D eigenvalue weighted by Gasteiger charge is -2.22. The van der Waals surface area contributed by atoms with E-state index in [1.807, 2.05) is 30.3 Å². The molecule has 1 saturated carbocycles. The maximum absolute atomic E-state index is 15.1. The maximum atomic E-state index is 15.1. The molecule has 3 N–H and O–H groups in total. The fourth-order valence-corrected chi connectivity index (χ4v) is 7.31. The van der Waals surface area contributed by atoms with Crippen LogP contribution in [-0.2, 0) is 16.6 Å². The van der Waals surface area contributed by atoms with E-state index in [0.717, 1.165) is 31.2 Å². The van der Waals surface area contributed by atoms with Crippen molar-refractivity contribution in [2.75, 3.05) is 5.32 Å². The first-order valence-corrected chi connectivity index (χ1v) is 14.8. The van der Waals surface area contributed by atoms with Crippen molar-refractivity contribution in [2.45, 2.75) is 75.8 Å². The van der Waals surface area contributed by atoms with Gasteiger partial charge in [-0.1, -0.05) is 49.6 Å².